The van der Waals surface area contributed by atoms with Gasteiger partial charge < -0.3 is 19.3 Å². The summed E-state index contributed by atoms with van der Waals surface area (Å²) in [5.74, 6) is -0.174. The first-order valence-electron chi connectivity index (χ1n) is 7.07. The van der Waals surface area contributed by atoms with Gasteiger partial charge in [0.25, 0.3) is 0 Å². The quantitative estimate of drug-likeness (QED) is 0.857. The molecule has 0 aliphatic carbocycles. The van der Waals surface area contributed by atoms with E-state index in [1.54, 1.807) is 6.07 Å². The predicted molar refractivity (Wildman–Crippen MR) is 77.9 cm³/mol. The number of carboxylic acids is 1. The van der Waals surface area contributed by atoms with Crippen molar-refractivity contribution in [2.24, 2.45) is 0 Å². The van der Waals surface area contributed by atoms with Crippen LogP contribution in [0.5, 0.6) is 11.5 Å². The number of carbonyl (C=O) groups is 1. The zero-order valence-corrected chi connectivity index (χ0v) is 13.3. The Bertz CT molecular complexity index is 723. The van der Waals surface area contributed by atoms with Crippen molar-refractivity contribution < 1.29 is 32.5 Å². The normalized spacial score (nSPS) is 20.4. The molecule has 3 rings (SSSR count). The highest BCUT2D eigenvalue weighted by Crippen LogP contribution is 2.36. The van der Waals surface area contributed by atoms with Crippen molar-refractivity contribution in [3.63, 3.8) is 0 Å². The Hall–Kier alpha value is -1.84. The minimum Gasteiger partial charge on any atom is -0.479 e. The number of methoxy groups -OCH3 is 1. The summed E-state index contributed by atoms with van der Waals surface area (Å²) in [7, 11) is -2.39. The summed E-state index contributed by atoms with van der Waals surface area (Å²) in [5, 5.41) is 9.28. The lowest BCUT2D eigenvalue weighted by Gasteiger charge is -2.37. The highest BCUT2D eigenvalue weighted by molar-refractivity contribution is 7.89. The maximum absolute atomic E-state index is 12.7. The van der Waals surface area contributed by atoms with Gasteiger partial charge in [-0.05, 0) is 12.1 Å². The third-order valence-electron chi connectivity index (χ3n) is 4.29. The molecule has 0 atom stereocenters. The van der Waals surface area contributed by atoms with Gasteiger partial charge in [0.05, 0.1) is 4.90 Å². The maximum Gasteiger partial charge on any atom is 0.336 e. The number of nitrogens with zero attached hydrogens (tertiary/aromatic N) is 1. The van der Waals surface area contributed by atoms with E-state index in [-0.39, 0.29) is 37.6 Å². The molecule has 1 fully saturated rings. The fourth-order valence-electron chi connectivity index (χ4n) is 2.78. The predicted octanol–water partition coefficient (Wildman–Crippen LogP) is 0.670. The number of ether oxygens (including phenoxy) is 3. The maximum atomic E-state index is 12.7. The van der Waals surface area contributed by atoms with Crippen LogP contribution in [0.15, 0.2) is 23.1 Å². The third kappa shape index (κ3) is 2.64. The molecule has 0 aromatic heterocycles. The van der Waals surface area contributed by atoms with E-state index < -0.39 is 21.6 Å². The molecule has 0 amide bonds. The van der Waals surface area contributed by atoms with E-state index in [0.717, 1.165) is 0 Å². The Kier molecular flexibility index (Phi) is 3.95. The minimum absolute atomic E-state index is 0.0670. The van der Waals surface area contributed by atoms with Crippen LogP contribution in [0.4, 0.5) is 0 Å². The summed E-state index contributed by atoms with van der Waals surface area (Å²) in [6.07, 6.45) is 0.200. The van der Waals surface area contributed by atoms with Gasteiger partial charge in [0.1, 0.15) is 0 Å². The monoisotopic (exact) mass is 343 g/mol. The third-order valence-corrected chi connectivity index (χ3v) is 6.19. The number of hydrogen-bond acceptors (Lipinski definition) is 6. The molecular formula is C14H17NO7S. The van der Waals surface area contributed by atoms with Crippen LogP contribution >= 0.6 is 0 Å². The van der Waals surface area contributed by atoms with Crippen molar-refractivity contribution in [1.29, 1.82) is 0 Å². The van der Waals surface area contributed by atoms with Crippen molar-refractivity contribution >= 4 is 16.0 Å². The summed E-state index contributed by atoms with van der Waals surface area (Å²) < 4.78 is 42.1. The van der Waals surface area contributed by atoms with Crippen LogP contribution in [0.25, 0.3) is 0 Å². The molecule has 1 N–H and O–H groups in total. The molecule has 0 spiro atoms. The standard InChI is InChI=1S/C14H17NO7S/c1-20-14(13(16)17)4-6-15(7-5-14)23(18,19)10-2-3-11-12(8-10)22-9-21-11/h2-3,8H,4-7,9H2,1H3,(H,16,17). The fraction of sp³-hybridized carbons (Fsp3) is 0.500. The number of hydrogen-bond donors (Lipinski definition) is 1. The van der Waals surface area contributed by atoms with Crippen LogP contribution in [-0.4, -0.2) is 56.4 Å². The van der Waals surface area contributed by atoms with Gasteiger partial charge in [-0.2, -0.15) is 4.31 Å². The largest absolute Gasteiger partial charge is 0.479 e. The van der Waals surface area contributed by atoms with E-state index in [2.05, 4.69) is 0 Å². The summed E-state index contributed by atoms with van der Waals surface area (Å²) in [4.78, 5) is 11.4. The second kappa shape index (κ2) is 5.66. The zero-order valence-electron chi connectivity index (χ0n) is 12.5. The van der Waals surface area contributed by atoms with Gasteiger partial charge in [-0.25, -0.2) is 13.2 Å². The van der Waals surface area contributed by atoms with Gasteiger partial charge >= 0.3 is 5.97 Å². The molecule has 0 unspecified atom stereocenters. The highest BCUT2D eigenvalue weighted by atomic mass is 32.2. The molecule has 23 heavy (non-hydrogen) atoms. The number of carboxylic acid groups (broad SMARTS) is 1. The van der Waals surface area contributed by atoms with E-state index in [1.165, 1.54) is 23.5 Å². The SMILES string of the molecule is COC1(C(=O)O)CCN(S(=O)(=O)c2ccc3c(c2)OCO3)CC1. The molecule has 2 heterocycles. The first-order chi connectivity index (χ1) is 10.9. The van der Waals surface area contributed by atoms with E-state index in [9.17, 15) is 18.3 Å². The molecule has 2 aliphatic heterocycles. The number of sulfonamides is 1. The average molecular weight is 343 g/mol. The van der Waals surface area contributed by atoms with Crippen LogP contribution in [0, 0.1) is 0 Å². The van der Waals surface area contributed by atoms with Gasteiger partial charge in [-0.15, -0.1) is 0 Å². The van der Waals surface area contributed by atoms with Gasteiger partial charge in [0.2, 0.25) is 16.8 Å². The fourth-order valence-corrected chi connectivity index (χ4v) is 4.24. The number of aliphatic carboxylic acids is 1. The van der Waals surface area contributed by atoms with Crippen LogP contribution in [0.2, 0.25) is 0 Å². The van der Waals surface area contributed by atoms with Crippen molar-refractivity contribution in [2.75, 3.05) is 27.0 Å². The zero-order chi connectivity index (χ0) is 16.7. The first-order valence-corrected chi connectivity index (χ1v) is 8.51. The second-order valence-electron chi connectivity index (χ2n) is 5.42. The Morgan fingerprint density at radius 2 is 1.91 bits per heavy atom. The molecule has 0 bridgehead atoms. The van der Waals surface area contributed by atoms with Crippen LogP contribution in [0.3, 0.4) is 0 Å². The molecule has 2 aliphatic rings. The molecular weight excluding hydrogens is 326 g/mol. The Balaban J connectivity index is 1.81. The molecule has 0 saturated carbocycles. The van der Waals surface area contributed by atoms with Crippen LogP contribution < -0.4 is 9.47 Å². The summed E-state index contributed by atoms with van der Waals surface area (Å²) >= 11 is 0. The number of piperidine rings is 1. The van der Waals surface area contributed by atoms with E-state index in [0.29, 0.717) is 11.5 Å². The Labute approximate surface area is 133 Å². The van der Waals surface area contributed by atoms with Gasteiger partial charge in [0, 0.05) is 39.1 Å². The number of rotatable bonds is 4. The Morgan fingerprint density at radius 3 is 2.52 bits per heavy atom. The lowest BCUT2D eigenvalue weighted by molar-refractivity contribution is -0.166. The number of benzene rings is 1. The van der Waals surface area contributed by atoms with Crippen molar-refractivity contribution in [1.82, 2.24) is 4.31 Å². The highest BCUT2D eigenvalue weighted by Gasteiger charge is 2.44. The topological polar surface area (TPSA) is 102 Å². The molecule has 8 nitrogen and oxygen atoms in total. The van der Waals surface area contributed by atoms with Gasteiger partial charge in [0.15, 0.2) is 17.1 Å². The first kappa shape index (κ1) is 16.0. The summed E-state index contributed by atoms with van der Waals surface area (Å²) in [5.41, 5.74) is -1.32. The summed E-state index contributed by atoms with van der Waals surface area (Å²) in [6.45, 7) is 0.228. The molecule has 9 heteroatoms. The molecule has 126 valence electrons. The molecule has 1 aromatic rings. The minimum atomic E-state index is -3.72. The van der Waals surface area contributed by atoms with Crippen molar-refractivity contribution in [3.8, 4) is 11.5 Å². The lowest BCUT2D eigenvalue weighted by Crippen LogP contribution is -2.51. The van der Waals surface area contributed by atoms with Crippen molar-refractivity contribution in [2.45, 2.75) is 23.3 Å². The number of fused-ring (bicyclic) bond motifs is 1. The van der Waals surface area contributed by atoms with Crippen LogP contribution in [-0.2, 0) is 19.6 Å². The lowest BCUT2D eigenvalue weighted by atomic mass is 9.92. The Morgan fingerprint density at radius 1 is 1.26 bits per heavy atom. The van der Waals surface area contributed by atoms with E-state index in [1.807, 2.05) is 0 Å². The van der Waals surface area contributed by atoms with Gasteiger partial charge in [-0.3, -0.25) is 0 Å². The van der Waals surface area contributed by atoms with E-state index >= 15 is 0 Å². The second-order valence-corrected chi connectivity index (χ2v) is 7.36. The summed E-state index contributed by atoms with van der Waals surface area (Å²) in [6, 6.07) is 4.43. The molecule has 0 radical (unpaired) electrons. The van der Waals surface area contributed by atoms with E-state index in [4.69, 9.17) is 14.2 Å². The average Bonchev–Trinajstić information content (AvgIpc) is 3.02. The van der Waals surface area contributed by atoms with Gasteiger partial charge in [-0.1, -0.05) is 0 Å². The van der Waals surface area contributed by atoms with Crippen molar-refractivity contribution in [3.05, 3.63) is 18.2 Å². The molecule has 1 saturated heterocycles. The smallest absolute Gasteiger partial charge is 0.336 e. The van der Waals surface area contributed by atoms with Crippen LogP contribution in [0.1, 0.15) is 12.8 Å². The molecule has 1 aromatic carbocycles.